The van der Waals surface area contributed by atoms with Crippen molar-refractivity contribution in [1.82, 2.24) is 5.32 Å². The number of hydrogen-bond acceptors (Lipinski definition) is 3. The van der Waals surface area contributed by atoms with Crippen LogP contribution >= 0.6 is 0 Å². The maximum absolute atomic E-state index is 5.61. The first-order chi connectivity index (χ1) is 9.23. The van der Waals surface area contributed by atoms with Crippen molar-refractivity contribution >= 4 is 0 Å². The monoisotopic (exact) mass is 263 g/mol. The van der Waals surface area contributed by atoms with Gasteiger partial charge in [-0.2, -0.15) is 0 Å². The summed E-state index contributed by atoms with van der Waals surface area (Å²) in [7, 11) is 1.68. The Balaban J connectivity index is 2.02. The highest BCUT2D eigenvalue weighted by molar-refractivity contribution is 5.43. The Morgan fingerprint density at radius 1 is 1.21 bits per heavy atom. The van der Waals surface area contributed by atoms with Gasteiger partial charge in [-0.25, -0.2) is 0 Å². The highest BCUT2D eigenvalue weighted by Gasteiger charge is 2.34. The van der Waals surface area contributed by atoms with Crippen LogP contribution in [0.5, 0.6) is 11.5 Å². The van der Waals surface area contributed by atoms with E-state index in [1.807, 2.05) is 13.0 Å². The molecule has 1 N–H and O–H groups in total. The van der Waals surface area contributed by atoms with E-state index < -0.39 is 0 Å². The van der Waals surface area contributed by atoms with Crippen LogP contribution in [0.1, 0.15) is 45.1 Å². The van der Waals surface area contributed by atoms with Crippen LogP contribution in [-0.4, -0.2) is 19.3 Å². The Hall–Kier alpha value is -1.22. The predicted octanol–water partition coefficient (Wildman–Crippen LogP) is 3.52. The van der Waals surface area contributed by atoms with E-state index in [2.05, 4.69) is 24.4 Å². The lowest BCUT2D eigenvalue weighted by molar-refractivity contribution is 0.175. The third-order valence-electron chi connectivity index (χ3n) is 4.18. The zero-order valence-electron chi connectivity index (χ0n) is 12.3. The quantitative estimate of drug-likeness (QED) is 0.816. The van der Waals surface area contributed by atoms with Gasteiger partial charge in [0.15, 0.2) is 11.5 Å². The van der Waals surface area contributed by atoms with Crippen molar-refractivity contribution in [2.45, 2.75) is 51.6 Å². The average Bonchev–Trinajstić information content (AvgIpc) is 2.39. The highest BCUT2D eigenvalue weighted by atomic mass is 16.5. The smallest absolute Gasteiger partial charge is 0.161 e. The van der Waals surface area contributed by atoms with E-state index in [0.29, 0.717) is 12.1 Å². The van der Waals surface area contributed by atoms with Crippen LogP contribution in [0.25, 0.3) is 0 Å². The fraction of sp³-hybridized carbons (Fsp3) is 0.625. The summed E-state index contributed by atoms with van der Waals surface area (Å²) in [5.41, 5.74) is 1.63. The van der Waals surface area contributed by atoms with Crippen LogP contribution in [0, 0.1) is 0 Å². The second kappa shape index (κ2) is 6.29. The molecule has 0 aliphatic heterocycles. The van der Waals surface area contributed by atoms with Gasteiger partial charge in [-0.05, 0) is 50.3 Å². The van der Waals surface area contributed by atoms with Gasteiger partial charge in [-0.1, -0.05) is 13.0 Å². The fourth-order valence-electron chi connectivity index (χ4n) is 2.65. The molecule has 0 aromatic heterocycles. The molecule has 1 fully saturated rings. The van der Waals surface area contributed by atoms with Crippen molar-refractivity contribution in [3.63, 3.8) is 0 Å². The normalized spacial score (nSPS) is 16.8. The molecule has 0 amide bonds. The molecule has 106 valence electrons. The molecule has 1 aromatic carbocycles. The average molecular weight is 263 g/mol. The molecular weight excluding hydrogens is 238 g/mol. The van der Waals surface area contributed by atoms with Crippen LogP contribution in [0.4, 0.5) is 0 Å². The summed E-state index contributed by atoms with van der Waals surface area (Å²) in [6.07, 6.45) is 5.17. The van der Waals surface area contributed by atoms with E-state index in [9.17, 15) is 0 Å². The van der Waals surface area contributed by atoms with Gasteiger partial charge < -0.3 is 14.8 Å². The number of rotatable bonds is 7. The molecule has 0 heterocycles. The molecule has 0 bridgehead atoms. The summed E-state index contributed by atoms with van der Waals surface area (Å²) in [5.74, 6) is 1.64. The zero-order valence-corrected chi connectivity index (χ0v) is 12.3. The molecule has 3 heteroatoms. The van der Waals surface area contributed by atoms with Crippen LogP contribution in [0.15, 0.2) is 18.2 Å². The minimum Gasteiger partial charge on any atom is -0.493 e. The second-order valence-electron chi connectivity index (χ2n) is 5.26. The molecule has 2 rings (SSSR count). The summed E-state index contributed by atoms with van der Waals surface area (Å²) in [5, 5.41) is 3.71. The summed E-state index contributed by atoms with van der Waals surface area (Å²) in [4.78, 5) is 0. The maximum atomic E-state index is 5.61. The summed E-state index contributed by atoms with van der Waals surface area (Å²) >= 11 is 0. The van der Waals surface area contributed by atoms with Crippen molar-refractivity contribution in [2.75, 3.05) is 13.7 Å². The lowest BCUT2D eigenvalue weighted by Gasteiger charge is -2.42. The largest absolute Gasteiger partial charge is 0.493 e. The van der Waals surface area contributed by atoms with E-state index in [1.54, 1.807) is 7.11 Å². The van der Waals surface area contributed by atoms with Gasteiger partial charge in [0.1, 0.15) is 0 Å². The molecule has 1 aliphatic carbocycles. The first kappa shape index (κ1) is 14.2. The van der Waals surface area contributed by atoms with E-state index in [0.717, 1.165) is 18.0 Å². The minimum atomic E-state index is 0.381. The van der Waals surface area contributed by atoms with Crippen LogP contribution in [-0.2, 0) is 6.54 Å². The third kappa shape index (κ3) is 3.21. The van der Waals surface area contributed by atoms with E-state index in [1.165, 1.54) is 31.2 Å². The zero-order chi connectivity index (χ0) is 13.7. The van der Waals surface area contributed by atoms with Gasteiger partial charge in [0.25, 0.3) is 0 Å². The molecule has 19 heavy (non-hydrogen) atoms. The standard InChI is InChI=1S/C16H25NO2/c1-4-16(9-6-10-16)17-12-13-7-8-14(18-3)15(11-13)19-5-2/h7-8,11,17H,4-6,9-10,12H2,1-3H3. The predicted molar refractivity (Wildman–Crippen MR) is 77.9 cm³/mol. The summed E-state index contributed by atoms with van der Waals surface area (Å²) < 4.78 is 10.9. The van der Waals surface area contributed by atoms with Gasteiger partial charge in [-0.15, -0.1) is 0 Å². The number of hydrogen-bond donors (Lipinski definition) is 1. The second-order valence-corrected chi connectivity index (χ2v) is 5.26. The first-order valence-corrected chi connectivity index (χ1v) is 7.28. The molecule has 0 atom stereocenters. The Labute approximate surface area is 116 Å². The van der Waals surface area contributed by atoms with Gasteiger partial charge >= 0.3 is 0 Å². The molecule has 1 saturated carbocycles. The minimum absolute atomic E-state index is 0.381. The highest BCUT2D eigenvalue weighted by Crippen LogP contribution is 2.35. The van der Waals surface area contributed by atoms with Crippen LogP contribution in [0.2, 0.25) is 0 Å². The van der Waals surface area contributed by atoms with Crippen LogP contribution in [0.3, 0.4) is 0 Å². The third-order valence-corrected chi connectivity index (χ3v) is 4.18. The Bertz CT molecular complexity index is 408. The SMILES string of the molecule is CCOc1cc(CNC2(CC)CCC2)ccc1OC. The maximum Gasteiger partial charge on any atom is 0.161 e. The van der Waals surface area contributed by atoms with Gasteiger partial charge in [0.05, 0.1) is 13.7 Å². The summed E-state index contributed by atoms with van der Waals surface area (Å²) in [6.45, 7) is 5.82. The molecule has 0 spiro atoms. The Kier molecular flexibility index (Phi) is 4.70. The molecule has 1 aromatic rings. The Morgan fingerprint density at radius 2 is 2.00 bits per heavy atom. The topological polar surface area (TPSA) is 30.5 Å². The lowest BCUT2D eigenvalue weighted by Crippen LogP contribution is -2.49. The van der Waals surface area contributed by atoms with Gasteiger partial charge in [-0.3, -0.25) is 0 Å². The van der Waals surface area contributed by atoms with E-state index in [-0.39, 0.29) is 0 Å². The molecule has 3 nitrogen and oxygen atoms in total. The van der Waals surface area contributed by atoms with Crippen molar-refractivity contribution in [2.24, 2.45) is 0 Å². The molecule has 0 radical (unpaired) electrons. The van der Waals surface area contributed by atoms with Crippen molar-refractivity contribution < 1.29 is 9.47 Å². The van der Waals surface area contributed by atoms with Crippen molar-refractivity contribution in [1.29, 1.82) is 0 Å². The number of ether oxygens (including phenoxy) is 2. The van der Waals surface area contributed by atoms with Gasteiger partial charge in [0, 0.05) is 12.1 Å². The molecular formula is C16H25NO2. The molecule has 1 aliphatic rings. The number of nitrogens with one attached hydrogen (secondary N) is 1. The lowest BCUT2D eigenvalue weighted by atomic mass is 9.75. The molecule has 0 unspecified atom stereocenters. The van der Waals surface area contributed by atoms with E-state index in [4.69, 9.17) is 9.47 Å². The van der Waals surface area contributed by atoms with E-state index >= 15 is 0 Å². The Morgan fingerprint density at radius 3 is 2.53 bits per heavy atom. The van der Waals surface area contributed by atoms with Crippen molar-refractivity contribution in [3.05, 3.63) is 23.8 Å². The van der Waals surface area contributed by atoms with Crippen molar-refractivity contribution in [3.8, 4) is 11.5 Å². The van der Waals surface area contributed by atoms with Gasteiger partial charge in [0.2, 0.25) is 0 Å². The number of benzene rings is 1. The summed E-state index contributed by atoms with van der Waals surface area (Å²) in [6, 6.07) is 6.18. The first-order valence-electron chi connectivity index (χ1n) is 7.28. The number of methoxy groups -OCH3 is 1. The molecule has 0 saturated heterocycles. The fourth-order valence-corrected chi connectivity index (χ4v) is 2.65. The van der Waals surface area contributed by atoms with Crippen LogP contribution < -0.4 is 14.8 Å².